The highest BCUT2D eigenvalue weighted by atomic mass is 32.2. The molecule has 0 spiro atoms. The van der Waals surface area contributed by atoms with E-state index in [2.05, 4.69) is 17.4 Å². The maximum Gasteiger partial charge on any atom is 0.321 e. The SMILES string of the molecule is O=C(O)C1CSC(CCOc2ccccc2-c2ccccc2)N1. The van der Waals surface area contributed by atoms with E-state index in [9.17, 15) is 4.79 Å². The maximum absolute atomic E-state index is 10.9. The monoisotopic (exact) mass is 329 g/mol. The molecule has 1 fully saturated rings. The van der Waals surface area contributed by atoms with Crippen LogP contribution in [0.15, 0.2) is 54.6 Å². The molecule has 1 saturated heterocycles. The molecule has 1 heterocycles. The number of ether oxygens (including phenoxy) is 1. The molecule has 2 atom stereocenters. The van der Waals surface area contributed by atoms with Crippen molar-refractivity contribution in [2.24, 2.45) is 0 Å². The largest absolute Gasteiger partial charge is 0.493 e. The number of carboxylic acids is 1. The molecular formula is C18H19NO3S. The zero-order valence-corrected chi connectivity index (χ0v) is 13.5. The zero-order chi connectivity index (χ0) is 16.1. The Bertz CT molecular complexity index is 662. The summed E-state index contributed by atoms with van der Waals surface area (Å²) < 4.78 is 5.95. The standard InChI is InChI=1S/C18H19NO3S/c20-18(21)15-12-23-17(19-15)10-11-22-16-9-5-4-8-14(16)13-6-2-1-3-7-13/h1-9,15,17,19H,10-12H2,(H,20,21). The predicted molar refractivity (Wildman–Crippen MR) is 92.8 cm³/mol. The molecule has 2 aromatic carbocycles. The van der Waals surface area contributed by atoms with Crippen LogP contribution < -0.4 is 10.1 Å². The van der Waals surface area contributed by atoms with Gasteiger partial charge in [-0.3, -0.25) is 10.1 Å². The van der Waals surface area contributed by atoms with Gasteiger partial charge in [0.1, 0.15) is 11.8 Å². The molecule has 0 aromatic heterocycles. The van der Waals surface area contributed by atoms with E-state index < -0.39 is 12.0 Å². The summed E-state index contributed by atoms with van der Waals surface area (Å²) in [5.41, 5.74) is 2.20. The molecule has 2 unspecified atom stereocenters. The molecule has 2 aromatic rings. The van der Waals surface area contributed by atoms with Gasteiger partial charge >= 0.3 is 5.97 Å². The second kappa shape index (κ2) is 7.53. The second-order valence-electron chi connectivity index (χ2n) is 5.38. The van der Waals surface area contributed by atoms with Gasteiger partial charge in [-0.25, -0.2) is 0 Å². The molecule has 4 nitrogen and oxygen atoms in total. The lowest BCUT2D eigenvalue weighted by Crippen LogP contribution is -2.37. The van der Waals surface area contributed by atoms with Gasteiger partial charge in [-0.1, -0.05) is 48.5 Å². The van der Waals surface area contributed by atoms with Crippen molar-refractivity contribution < 1.29 is 14.6 Å². The first kappa shape index (κ1) is 15.9. The lowest BCUT2D eigenvalue weighted by atomic mass is 10.1. The summed E-state index contributed by atoms with van der Waals surface area (Å²) in [6.07, 6.45) is 0.775. The molecule has 5 heteroatoms. The van der Waals surface area contributed by atoms with Gasteiger partial charge in [0.15, 0.2) is 0 Å². The molecule has 3 rings (SSSR count). The number of thioether (sulfide) groups is 1. The van der Waals surface area contributed by atoms with Crippen molar-refractivity contribution in [1.29, 1.82) is 0 Å². The maximum atomic E-state index is 10.9. The molecule has 0 amide bonds. The van der Waals surface area contributed by atoms with Crippen LogP contribution in [-0.2, 0) is 4.79 Å². The van der Waals surface area contributed by atoms with E-state index in [1.165, 1.54) is 0 Å². The smallest absolute Gasteiger partial charge is 0.321 e. The summed E-state index contributed by atoms with van der Waals surface area (Å²) in [5, 5.41) is 12.2. The number of benzene rings is 2. The molecule has 120 valence electrons. The third-order valence-corrected chi connectivity index (χ3v) is 5.06. The van der Waals surface area contributed by atoms with Gasteiger partial charge in [-0.2, -0.15) is 0 Å². The van der Waals surface area contributed by atoms with Crippen LogP contribution >= 0.6 is 11.8 Å². The van der Waals surface area contributed by atoms with Gasteiger partial charge in [-0.15, -0.1) is 11.8 Å². The van der Waals surface area contributed by atoms with Gasteiger partial charge < -0.3 is 9.84 Å². The zero-order valence-electron chi connectivity index (χ0n) is 12.6. The summed E-state index contributed by atoms with van der Waals surface area (Å²) in [7, 11) is 0. The van der Waals surface area contributed by atoms with Crippen LogP contribution in [0.1, 0.15) is 6.42 Å². The Kier molecular flexibility index (Phi) is 5.20. The van der Waals surface area contributed by atoms with E-state index in [1.54, 1.807) is 11.8 Å². The Morgan fingerprint density at radius 3 is 2.65 bits per heavy atom. The van der Waals surface area contributed by atoms with Crippen LogP contribution in [0.5, 0.6) is 5.75 Å². The molecule has 0 bridgehead atoms. The quantitative estimate of drug-likeness (QED) is 0.852. The van der Waals surface area contributed by atoms with Crippen LogP contribution in [0.25, 0.3) is 11.1 Å². The molecular weight excluding hydrogens is 310 g/mol. The average molecular weight is 329 g/mol. The van der Waals surface area contributed by atoms with Crippen LogP contribution in [0.2, 0.25) is 0 Å². The van der Waals surface area contributed by atoms with Crippen LogP contribution in [0.4, 0.5) is 0 Å². The van der Waals surface area contributed by atoms with Crippen molar-refractivity contribution in [3.63, 3.8) is 0 Å². The van der Waals surface area contributed by atoms with Gasteiger partial charge in [-0.05, 0) is 11.6 Å². The molecule has 2 N–H and O–H groups in total. The Hall–Kier alpha value is -1.98. The van der Waals surface area contributed by atoms with Crippen molar-refractivity contribution >= 4 is 17.7 Å². The summed E-state index contributed by atoms with van der Waals surface area (Å²) in [6.45, 7) is 0.556. The van der Waals surface area contributed by atoms with Crippen molar-refractivity contribution in [2.75, 3.05) is 12.4 Å². The number of aliphatic carboxylic acids is 1. The molecule has 0 saturated carbocycles. The topological polar surface area (TPSA) is 58.6 Å². The minimum absolute atomic E-state index is 0.139. The van der Waals surface area contributed by atoms with Crippen molar-refractivity contribution in [3.8, 4) is 16.9 Å². The number of hydrogen-bond acceptors (Lipinski definition) is 4. The summed E-state index contributed by atoms with van der Waals surface area (Å²) in [6, 6.07) is 17.7. The number of hydrogen-bond donors (Lipinski definition) is 2. The normalized spacial score (nSPS) is 20.3. The van der Waals surface area contributed by atoms with Crippen LogP contribution in [-0.4, -0.2) is 34.9 Å². The van der Waals surface area contributed by atoms with E-state index in [0.29, 0.717) is 12.4 Å². The van der Waals surface area contributed by atoms with Gasteiger partial charge in [0, 0.05) is 17.7 Å². The third-order valence-electron chi connectivity index (χ3n) is 3.76. The summed E-state index contributed by atoms with van der Waals surface area (Å²) in [4.78, 5) is 10.9. The van der Waals surface area contributed by atoms with Gasteiger partial charge in [0.2, 0.25) is 0 Å². The lowest BCUT2D eigenvalue weighted by molar-refractivity contribution is -0.138. The Balaban J connectivity index is 1.58. The minimum atomic E-state index is -0.782. The molecule has 1 aliphatic heterocycles. The predicted octanol–water partition coefficient (Wildman–Crippen LogP) is 3.24. The van der Waals surface area contributed by atoms with Gasteiger partial charge in [0.25, 0.3) is 0 Å². The number of carbonyl (C=O) groups is 1. The van der Waals surface area contributed by atoms with Crippen molar-refractivity contribution in [3.05, 3.63) is 54.6 Å². The van der Waals surface area contributed by atoms with Crippen molar-refractivity contribution in [2.45, 2.75) is 17.8 Å². The Morgan fingerprint density at radius 2 is 1.91 bits per heavy atom. The first-order chi connectivity index (χ1) is 11.2. The fourth-order valence-electron chi connectivity index (χ4n) is 2.57. The molecule has 0 radical (unpaired) electrons. The first-order valence-corrected chi connectivity index (χ1v) is 8.66. The first-order valence-electron chi connectivity index (χ1n) is 7.62. The van der Waals surface area contributed by atoms with Gasteiger partial charge in [0.05, 0.1) is 12.0 Å². The average Bonchev–Trinajstić information content (AvgIpc) is 3.05. The van der Waals surface area contributed by atoms with E-state index in [0.717, 1.165) is 23.3 Å². The van der Waals surface area contributed by atoms with Crippen LogP contribution in [0, 0.1) is 0 Å². The summed E-state index contributed by atoms with van der Waals surface area (Å²) >= 11 is 1.64. The van der Waals surface area contributed by atoms with E-state index in [1.807, 2.05) is 42.5 Å². The highest BCUT2D eigenvalue weighted by molar-refractivity contribution is 8.00. The fraction of sp³-hybridized carbons (Fsp3) is 0.278. The Labute approximate surface area is 139 Å². The highest BCUT2D eigenvalue weighted by Crippen LogP contribution is 2.30. The molecule has 0 aliphatic carbocycles. The van der Waals surface area contributed by atoms with E-state index in [-0.39, 0.29) is 5.37 Å². The van der Waals surface area contributed by atoms with E-state index in [4.69, 9.17) is 9.84 Å². The number of carboxylic acid groups (broad SMARTS) is 1. The molecule has 1 aliphatic rings. The number of nitrogens with one attached hydrogen (secondary N) is 1. The highest BCUT2D eigenvalue weighted by Gasteiger charge is 2.29. The van der Waals surface area contributed by atoms with E-state index >= 15 is 0 Å². The minimum Gasteiger partial charge on any atom is -0.493 e. The summed E-state index contributed by atoms with van der Waals surface area (Å²) in [5.74, 6) is 0.687. The second-order valence-corrected chi connectivity index (χ2v) is 6.61. The molecule has 23 heavy (non-hydrogen) atoms. The Morgan fingerprint density at radius 1 is 1.17 bits per heavy atom. The number of para-hydroxylation sites is 1. The van der Waals surface area contributed by atoms with Crippen LogP contribution in [0.3, 0.4) is 0 Å². The fourth-order valence-corrected chi connectivity index (χ4v) is 3.75. The van der Waals surface area contributed by atoms with Crippen molar-refractivity contribution in [1.82, 2.24) is 5.32 Å². The number of rotatable bonds is 6. The lowest BCUT2D eigenvalue weighted by Gasteiger charge is -2.14. The third kappa shape index (κ3) is 4.06.